The average Bonchev–Trinajstić information content (AvgIpc) is 2.63. The van der Waals surface area contributed by atoms with E-state index in [2.05, 4.69) is 5.32 Å². The van der Waals surface area contributed by atoms with Crippen molar-refractivity contribution in [3.05, 3.63) is 59.9 Å². The topological polar surface area (TPSA) is 50.8 Å². The molecule has 0 saturated carbocycles. The molecule has 0 spiro atoms. The zero-order chi connectivity index (χ0) is 18.1. The van der Waals surface area contributed by atoms with Crippen LogP contribution in [0.1, 0.15) is 5.56 Å². The van der Waals surface area contributed by atoms with Crippen LogP contribution in [-0.2, 0) is 6.42 Å². The van der Waals surface area contributed by atoms with Crippen LogP contribution >= 0.6 is 0 Å². The number of hydrogen-bond donors (Lipinski definition) is 1. The molecule has 0 bridgehead atoms. The summed E-state index contributed by atoms with van der Waals surface area (Å²) in [6.45, 7) is 1.20. The Kier molecular flexibility index (Phi) is 7.07. The third-order valence-corrected chi connectivity index (χ3v) is 3.73. The predicted octanol–water partition coefficient (Wildman–Crippen LogP) is 3.10. The molecule has 25 heavy (non-hydrogen) atoms. The van der Waals surface area contributed by atoms with Crippen molar-refractivity contribution in [2.75, 3.05) is 33.9 Å². The van der Waals surface area contributed by atoms with Crippen LogP contribution in [0, 0.1) is 5.82 Å². The number of urea groups is 1. The van der Waals surface area contributed by atoms with Crippen LogP contribution < -0.4 is 14.8 Å². The van der Waals surface area contributed by atoms with Gasteiger partial charge < -0.3 is 19.7 Å². The summed E-state index contributed by atoms with van der Waals surface area (Å²) in [4.78, 5) is 13.5. The van der Waals surface area contributed by atoms with Crippen molar-refractivity contribution in [2.24, 2.45) is 0 Å². The largest absolute Gasteiger partial charge is 0.497 e. The number of benzene rings is 2. The summed E-state index contributed by atoms with van der Waals surface area (Å²) in [5, 5.41) is 2.77. The number of carbonyl (C=O) groups excluding carboxylic acids is 1. The van der Waals surface area contributed by atoms with Crippen LogP contribution in [0.25, 0.3) is 0 Å². The van der Waals surface area contributed by atoms with Gasteiger partial charge in [-0.15, -0.1) is 0 Å². The first-order valence-electron chi connectivity index (χ1n) is 8.09. The molecule has 0 aliphatic heterocycles. The standard InChI is InChI=1S/C19H23FN2O3/c1-22(13-14-25-17-9-7-16(24-2)8-10-17)19(23)21-12-11-15-5-3-4-6-18(15)20/h3-10H,11-14H2,1-2H3,(H,21,23). The maximum Gasteiger partial charge on any atom is 0.317 e. The Labute approximate surface area is 147 Å². The lowest BCUT2D eigenvalue weighted by Crippen LogP contribution is -2.40. The molecule has 0 heterocycles. The van der Waals surface area contributed by atoms with Gasteiger partial charge in [0.05, 0.1) is 13.7 Å². The highest BCUT2D eigenvalue weighted by atomic mass is 19.1. The van der Waals surface area contributed by atoms with E-state index in [1.165, 1.54) is 11.0 Å². The second-order valence-corrected chi connectivity index (χ2v) is 5.52. The summed E-state index contributed by atoms with van der Waals surface area (Å²) in [5.41, 5.74) is 0.591. The molecule has 2 aromatic rings. The minimum Gasteiger partial charge on any atom is -0.497 e. The second kappa shape index (κ2) is 9.52. The number of likely N-dealkylation sites (N-methyl/N-ethyl adjacent to an activating group) is 1. The molecular formula is C19H23FN2O3. The molecule has 2 rings (SSSR count). The lowest BCUT2D eigenvalue weighted by molar-refractivity contribution is 0.195. The zero-order valence-corrected chi connectivity index (χ0v) is 14.5. The Bertz CT molecular complexity index is 677. The molecule has 134 valence electrons. The fourth-order valence-corrected chi connectivity index (χ4v) is 2.21. The minimum absolute atomic E-state index is 0.213. The van der Waals surface area contributed by atoms with E-state index in [0.29, 0.717) is 37.4 Å². The molecule has 0 atom stereocenters. The van der Waals surface area contributed by atoms with Crippen molar-refractivity contribution in [1.82, 2.24) is 10.2 Å². The molecule has 0 aromatic heterocycles. The van der Waals surface area contributed by atoms with Crippen molar-refractivity contribution in [2.45, 2.75) is 6.42 Å². The highest BCUT2D eigenvalue weighted by Gasteiger charge is 2.08. The van der Waals surface area contributed by atoms with Gasteiger partial charge >= 0.3 is 6.03 Å². The van der Waals surface area contributed by atoms with Crippen LogP contribution in [0.15, 0.2) is 48.5 Å². The van der Waals surface area contributed by atoms with E-state index in [0.717, 1.165) is 5.75 Å². The van der Waals surface area contributed by atoms with Gasteiger partial charge in [-0.1, -0.05) is 18.2 Å². The van der Waals surface area contributed by atoms with E-state index in [4.69, 9.17) is 9.47 Å². The first-order valence-corrected chi connectivity index (χ1v) is 8.09. The summed E-state index contributed by atoms with van der Waals surface area (Å²) in [6.07, 6.45) is 0.453. The van der Waals surface area contributed by atoms with Crippen molar-refractivity contribution >= 4 is 6.03 Å². The lowest BCUT2D eigenvalue weighted by atomic mass is 10.1. The van der Waals surface area contributed by atoms with E-state index >= 15 is 0 Å². The Balaban J connectivity index is 1.66. The first-order chi connectivity index (χ1) is 12.1. The minimum atomic E-state index is -0.252. The molecule has 0 saturated heterocycles. The lowest BCUT2D eigenvalue weighted by Gasteiger charge is -2.18. The number of rotatable bonds is 8. The van der Waals surface area contributed by atoms with Crippen LogP contribution in [0.4, 0.5) is 9.18 Å². The quantitative estimate of drug-likeness (QED) is 0.799. The zero-order valence-electron chi connectivity index (χ0n) is 14.5. The van der Waals surface area contributed by atoms with Crippen LogP contribution in [0.2, 0.25) is 0 Å². The summed E-state index contributed by atoms with van der Waals surface area (Å²) in [6, 6.07) is 13.6. The number of methoxy groups -OCH3 is 1. The van der Waals surface area contributed by atoms with Crippen LogP contribution in [-0.4, -0.2) is 44.8 Å². The van der Waals surface area contributed by atoms with Gasteiger partial charge in [-0.3, -0.25) is 0 Å². The molecule has 0 aliphatic rings. The summed E-state index contributed by atoms with van der Waals surface area (Å²) >= 11 is 0. The van der Waals surface area contributed by atoms with Gasteiger partial charge in [0, 0.05) is 13.6 Å². The number of hydrogen-bond acceptors (Lipinski definition) is 3. The molecule has 6 heteroatoms. The number of amides is 2. The predicted molar refractivity (Wildman–Crippen MR) is 94.6 cm³/mol. The maximum atomic E-state index is 13.5. The van der Waals surface area contributed by atoms with E-state index in [1.807, 2.05) is 24.3 Å². The monoisotopic (exact) mass is 346 g/mol. The Morgan fingerprint density at radius 3 is 2.48 bits per heavy atom. The highest BCUT2D eigenvalue weighted by molar-refractivity contribution is 5.73. The van der Waals surface area contributed by atoms with Crippen molar-refractivity contribution < 1.29 is 18.7 Å². The number of carbonyl (C=O) groups is 1. The van der Waals surface area contributed by atoms with E-state index in [-0.39, 0.29) is 11.8 Å². The molecule has 2 amide bonds. The summed E-state index contributed by atoms with van der Waals surface area (Å²) in [7, 11) is 3.30. The Hall–Kier alpha value is -2.76. The molecule has 5 nitrogen and oxygen atoms in total. The number of halogens is 1. The number of nitrogens with zero attached hydrogens (tertiary/aromatic N) is 1. The van der Waals surface area contributed by atoms with Gasteiger partial charge in [-0.25, -0.2) is 9.18 Å². The van der Waals surface area contributed by atoms with Crippen molar-refractivity contribution in [3.8, 4) is 11.5 Å². The van der Waals surface area contributed by atoms with E-state index in [1.54, 1.807) is 32.4 Å². The fraction of sp³-hybridized carbons (Fsp3) is 0.316. The van der Waals surface area contributed by atoms with Gasteiger partial charge in [-0.2, -0.15) is 0 Å². The van der Waals surface area contributed by atoms with Gasteiger partial charge in [0.25, 0.3) is 0 Å². The smallest absolute Gasteiger partial charge is 0.317 e. The van der Waals surface area contributed by atoms with E-state index in [9.17, 15) is 9.18 Å². The molecule has 0 aliphatic carbocycles. The van der Waals surface area contributed by atoms with Gasteiger partial charge in [-0.05, 0) is 42.3 Å². The number of nitrogens with one attached hydrogen (secondary N) is 1. The van der Waals surface area contributed by atoms with Crippen molar-refractivity contribution in [1.29, 1.82) is 0 Å². The molecule has 0 unspecified atom stereocenters. The molecule has 2 aromatic carbocycles. The summed E-state index contributed by atoms with van der Waals surface area (Å²) < 4.78 is 24.2. The Morgan fingerprint density at radius 2 is 1.80 bits per heavy atom. The normalized spacial score (nSPS) is 10.2. The molecule has 0 radical (unpaired) electrons. The SMILES string of the molecule is COc1ccc(OCCN(C)C(=O)NCCc2ccccc2F)cc1. The first kappa shape index (κ1) is 18.6. The maximum absolute atomic E-state index is 13.5. The molecule has 0 fully saturated rings. The fourth-order valence-electron chi connectivity index (χ4n) is 2.21. The van der Waals surface area contributed by atoms with Gasteiger partial charge in [0.2, 0.25) is 0 Å². The highest BCUT2D eigenvalue weighted by Crippen LogP contribution is 2.16. The second-order valence-electron chi connectivity index (χ2n) is 5.52. The van der Waals surface area contributed by atoms with Gasteiger partial charge in [0.15, 0.2) is 0 Å². The van der Waals surface area contributed by atoms with Gasteiger partial charge in [0.1, 0.15) is 23.9 Å². The van der Waals surface area contributed by atoms with Crippen LogP contribution in [0.3, 0.4) is 0 Å². The Morgan fingerprint density at radius 1 is 1.12 bits per heavy atom. The van der Waals surface area contributed by atoms with Crippen molar-refractivity contribution in [3.63, 3.8) is 0 Å². The number of ether oxygens (including phenoxy) is 2. The van der Waals surface area contributed by atoms with E-state index < -0.39 is 0 Å². The average molecular weight is 346 g/mol. The summed E-state index contributed by atoms with van der Waals surface area (Å²) in [5.74, 6) is 1.23. The van der Waals surface area contributed by atoms with Crippen LogP contribution in [0.5, 0.6) is 11.5 Å². The third kappa shape index (κ3) is 5.99. The molecule has 1 N–H and O–H groups in total. The third-order valence-electron chi connectivity index (χ3n) is 3.73. The molecular weight excluding hydrogens is 323 g/mol.